The summed E-state index contributed by atoms with van der Waals surface area (Å²) in [6.45, 7) is 6.22. The van der Waals surface area contributed by atoms with Crippen molar-refractivity contribution in [3.63, 3.8) is 0 Å². The molecule has 136 valence electrons. The summed E-state index contributed by atoms with van der Waals surface area (Å²) >= 11 is 5.94. The van der Waals surface area contributed by atoms with E-state index in [4.69, 9.17) is 31.7 Å². The largest absolute Gasteiger partial charge is 0.456 e. The molecule has 0 aliphatic heterocycles. The number of nitrogens with two attached hydrogens (primary N) is 1. The number of halogens is 1. The van der Waals surface area contributed by atoms with E-state index in [0.29, 0.717) is 18.3 Å². The van der Waals surface area contributed by atoms with E-state index < -0.39 is 4.92 Å². The highest BCUT2D eigenvalue weighted by Gasteiger charge is 2.18. The van der Waals surface area contributed by atoms with Crippen molar-refractivity contribution in [3.8, 4) is 11.5 Å². The molecule has 2 aromatic carbocycles. The predicted octanol–water partition coefficient (Wildman–Crippen LogP) is 4.37. The Morgan fingerprint density at radius 2 is 1.54 bits per heavy atom. The highest BCUT2D eigenvalue weighted by Crippen LogP contribution is 2.38. The molecule has 2 rings (SSSR count). The number of hydrogen-bond donors (Lipinski definition) is 1. The summed E-state index contributed by atoms with van der Waals surface area (Å²) < 4.78 is 5.49. The van der Waals surface area contributed by atoms with Crippen LogP contribution in [0.25, 0.3) is 0 Å². The fraction of sp³-hybridized carbons (Fsp3) is 0. The van der Waals surface area contributed by atoms with E-state index >= 15 is 0 Å². The van der Waals surface area contributed by atoms with E-state index in [1.54, 1.807) is 24.3 Å². The quantitative estimate of drug-likeness (QED) is 0.272. The van der Waals surface area contributed by atoms with E-state index in [2.05, 4.69) is 13.2 Å². The lowest BCUT2D eigenvalue weighted by molar-refractivity contribution is -0.383. The third-order valence-corrected chi connectivity index (χ3v) is 2.87. The van der Waals surface area contributed by atoms with Crippen LogP contribution in [-0.4, -0.2) is 17.5 Å². The summed E-state index contributed by atoms with van der Waals surface area (Å²) in [5.74, 6) is 0.860. The van der Waals surface area contributed by atoms with Gasteiger partial charge in [-0.3, -0.25) is 19.7 Å². The number of carbonyl (C=O) groups excluding carboxylic acids is 2. The smallest absolute Gasteiger partial charge is 0.293 e. The number of aldehydes is 2. The molecule has 26 heavy (non-hydrogen) atoms. The van der Waals surface area contributed by atoms with E-state index in [-0.39, 0.29) is 22.1 Å². The minimum atomic E-state index is -0.590. The van der Waals surface area contributed by atoms with Gasteiger partial charge in [0, 0.05) is 6.07 Å². The maximum Gasteiger partial charge on any atom is 0.293 e. The molecule has 0 saturated heterocycles. The maximum atomic E-state index is 10.7. The summed E-state index contributed by atoms with van der Waals surface area (Å²) in [4.78, 5) is 28.2. The van der Waals surface area contributed by atoms with Crippen molar-refractivity contribution in [1.82, 2.24) is 0 Å². The Morgan fingerprint density at radius 1 is 1.04 bits per heavy atom. The topological polar surface area (TPSA) is 113 Å². The molecule has 0 radical (unpaired) electrons. The Balaban J connectivity index is 0.000000662. The van der Waals surface area contributed by atoms with Crippen molar-refractivity contribution >= 4 is 35.5 Å². The molecule has 0 amide bonds. The molecule has 0 spiro atoms. The first-order valence-corrected chi connectivity index (χ1v) is 7.38. The van der Waals surface area contributed by atoms with Gasteiger partial charge in [-0.15, -0.1) is 0 Å². The number of ether oxygens (including phenoxy) is 1. The molecule has 0 aliphatic carbocycles. The third-order valence-electron chi connectivity index (χ3n) is 2.48. The zero-order valence-electron chi connectivity index (χ0n) is 13.7. The zero-order chi connectivity index (χ0) is 19.9. The zero-order valence-corrected chi connectivity index (χ0v) is 14.5. The van der Waals surface area contributed by atoms with Crippen molar-refractivity contribution < 1.29 is 19.2 Å². The van der Waals surface area contributed by atoms with Gasteiger partial charge in [0.2, 0.25) is 0 Å². The van der Waals surface area contributed by atoms with Crippen LogP contribution in [0.5, 0.6) is 11.5 Å². The van der Waals surface area contributed by atoms with E-state index in [9.17, 15) is 10.1 Å². The minimum Gasteiger partial charge on any atom is -0.456 e. The summed E-state index contributed by atoms with van der Waals surface area (Å²) in [7, 11) is 0. The molecule has 0 heterocycles. The first-order valence-electron chi connectivity index (χ1n) is 7.00. The van der Waals surface area contributed by atoms with Gasteiger partial charge in [0.1, 0.15) is 34.8 Å². The number of allylic oxidation sites excluding steroid dienone is 2. The number of anilines is 1. The molecule has 2 aromatic rings. The second-order valence-electron chi connectivity index (χ2n) is 4.23. The Kier molecular flexibility index (Phi) is 11.2. The Bertz CT molecular complexity index is 740. The van der Waals surface area contributed by atoms with Crippen molar-refractivity contribution in [2.45, 2.75) is 0 Å². The molecule has 2 N–H and O–H groups in total. The fourth-order valence-electron chi connectivity index (χ4n) is 1.42. The number of nitro benzene ring substituents is 1. The summed E-state index contributed by atoms with van der Waals surface area (Å²) in [5, 5.41) is 10.7. The molecule has 0 saturated carbocycles. The van der Waals surface area contributed by atoms with Crippen molar-refractivity contribution in [2.75, 3.05) is 5.73 Å². The first-order chi connectivity index (χ1) is 12.4. The van der Waals surface area contributed by atoms with E-state index in [1.807, 2.05) is 6.07 Å². The van der Waals surface area contributed by atoms with Gasteiger partial charge >= 0.3 is 0 Å². The average molecular weight is 377 g/mol. The Labute approximate surface area is 155 Å². The highest BCUT2D eigenvalue weighted by molar-refractivity contribution is 6.35. The van der Waals surface area contributed by atoms with Crippen molar-refractivity contribution in [3.05, 3.63) is 82.9 Å². The van der Waals surface area contributed by atoms with Crippen LogP contribution in [0.1, 0.15) is 0 Å². The maximum absolute atomic E-state index is 10.7. The highest BCUT2D eigenvalue weighted by atomic mass is 35.5. The van der Waals surface area contributed by atoms with Crippen LogP contribution in [0.3, 0.4) is 0 Å². The van der Waals surface area contributed by atoms with Gasteiger partial charge in [-0.2, -0.15) is 0 Å². The molecule has 0 bridgehead atoms. The molecule has 0 unspecified atom stereocenters. The monoisotopic (exact) mass is 376 g/mol. The van der Waals surface area contributed by atoms with Crippen LogP contribution in [0.2, 0.25) is 5.02 Å². The van der Waals surface area contributed by atoms with E-state index in [0.717, 1.165) is 0 Å². The number of nitrogens with zero attached hydrogens (tertiary/aromatic N) is 1. The molecule has 0 fully saturated rings. The Hall–Kier alpha value is -3.45. The van der Waals surface area contributed by atoms with Crippen LogP contribution in [-0.2, 0) is 9.59 Å². The molecular weight excluding hydrogens is 360 g/mol. The van der Waals surface area contributed by atoms with Crippen molar-refractivity contribution in [1.29, 1.82) is 0 Å². The van der Waals surface area contributed by atoms with Crippen molar-refractivity contribution in [2.24, 2.45) is 0 Å². The number of para-hydroxylation sites is 1. The second kappa shape index (κ2) is 12.9. The molecule has 0 atom stereocenters. The van der Waals surface area contributed by atoms with Gasteiger partial charge in [-0.05, 0) is 30.4 Å². The number of benzene rings is 2. The van der Waals surface area contributed by atoms with Crippen LogP contribution < -0.4 is 10.5 Å². The Morgan fingerprint density at radius 3 is 1.96 bits per heavy atom. The number of rotatable bonds is 5. The summed E-state index contributed by atoms with van der Waals surface area (Å²) in [6, 6.07) is 11.6. The van der Waals surface area contributed by atoms with Crippen LogP contribution >= 0.6 is 11.6 Å². The molecule has 0 aliphatic rings. The molecule has 0 aromatic heterocycles. The van der Waals surface area contributed by atoms with Crippen LogP contribution in [0.4, 0.5) is 11.4 Å². The van der Waals surface area contributed by atoms with Gasteiger partial charge in [0.15, 0.2) is 0 Å². The lowest BCUT2D eigenvalue weighted by atomic mass is 10.2. The first kappa shape index (κ1) is 22.6. The molecular formula is C18H17ClN2O5. The molecule has 7 nitrogen and oxygen atoms in total. The lowest BCUT2D eigenvalue weighted by Gasteiger charge is -2.08. The predicted molar refractivity (Wildman–Crippen MR) is 102 cm³/mol. The summed E-state index contributed by atoms with van der Waals surface area (Å²) in [6.07, 6.45) is 3.67. The SMILES string of the molecule is C=CC=O.C=CC=O.Nc1c([N+](=O)[O-])ccc(Oc2ccccc2)c1Cl. The summed E-state index contributed by atoms with van der Waals surface area (Å²) in [5.41, 5.74) is 5.25. The average Bonchev–Trinajstić information content (AvgIpc) is 2.66. The van der Waals surface area contributed by atoms with E-state index in [1.165, 1.54) is 24.3 Å². The number of carbonyl (C=O) groups is 2. The standard InChI is InChI=1S/C12H9ClN2O3.2C3H4O/c13-11-10(18-8-4-2-1-3-5-8)7-6-9(12(11)14)15(16)17;2*1-2-3-4/h1-7H,14H2;2*2-3H,1H2. The number of nitrogen functional groups attached to an aromatic ring is 1. The van der Waals surface area contributed by atoms with Gasteiger partial charge in [0.05, 0.1) is 4.92 Å². The van der Waals surface area contributed by atoms with Gasteiger partial charge < -0.3 is 10.5 Å². The fourth-order valence-corrected chi connectivity index (χ4v) is 1.61. The van der Waals surface area contributed by atoms with Crippen LogP contribution in [0.15, 0.2) is 67.8 Å². The van der Waals surface area contributed by atoms with Gasteiger partial charge in [-0.25, -0.2) is 0 Å². The third kappa shape index (κ3) is 7.89. The van der Waals surface area contributed by atoms with Gasteiger partial charge in [-0.1, -0.05) is 43.0 Å². The molecule has 8 heteroatoms. The second-order valence-corrected chi connectivity index (χ2v) is 4.60. The normalized spacial score (nSPS) is 8.50. The lowest BCUT2D eigenvalue weighted by Crippen LogP contribution is -1.97. The van der Waals surface area contributed by atoms with Gasteiger partial charge in [0.25, 0.3) is 5.69 Å². The minimum absolute atomic E-state index is 0.0352. The number of hydrogen-bond acceptors (Lipinski definition) is 6. The van der Waals surface area contributed by atoms with Crippen LogP contribution in [0, 0.1) is 10.1 Å². The number of nitro groups is 1.